The van der Waals surface area contributed by atoms with Crippen LogP contribution in [-0.2, 0) is 6.61 Å². The van der Waals surface area contributed by atoms with Crippen LogP contribution in [0.15, 0.2) is 77.2 Å². The first-order chi connectivity index (χ1) is 16.8. The molecule has 1 amide bonds. The summed E-state index contributed by atoms with van der Waals surface area (Å²) in [6.45, 7) is 3.86. The summed E-state index contributed by atoms with van der Waals surface area (Å²) in [6, 6.07) is 19.8. The van der Waals surface area contributed by atoms with Crippen LogP contribution in [0.1, 0.15) is 27.4 Å². The molecule has 3 aromatic carbocycles. The minimum Gasteiger partial charge on any atom is -0.484 e. The van der Waals surface area contributed by atoms with E-state index in [-0.39, 0.29) is 29.5 Å². The van der Waals surface area contributed by atoms with Gasteiger partial charge in [-0.3, -0.25) is 14.9 Å². The summed E-state index contributed by atoms with van der Waals surface area (Å²) in [7, 11) is 0. The van der Waals surface area contributed by atoms with Crippen molar-refractivity contribution in [2.45, 2.75) is 20.5 Å². The van der Waals surface area contributed by atoms with Crippen LogP contribution < -0.4 is 14.8 Å². The van der Waals surface area contributed by atoms with E-state index in [0.29, 0.717) is 22.3 Å². The molecule has 0 saturated heterocycles. The van der Waals surface area contributed by atoms with E-state index in [4.69, 9.17) is 25.5 Å². The lowest BCUT2D eigenvalue weighted by Gasteiger charge is -2.11. The van der Waals surface area contributed by atoms with Gasteiger partial charge in [0.1, 0.15) is 29.6 Å². The van der Waals surface area contributed by atoms with Crippen molar-refractivity contribution in [3.8, 4) is 17.2 Å². The number of non-ortho nitro benzene ring substituents is 1. The highest BCUT2D eigenvalue weighted by atomic mass is 35.5. The van der Waals surface area contributed by atoms with E-state index in [0.717, 1.165) is 11.1 Å². The van der Waals surface area contributed by atoms with E-state index < -0.39 is 10.8 Å². The van der Waals surface area contributed by atoms with Gasteiger partial charge in [0.2, 0.25) is 0 Å². The predicted octanol–water partition coefficient (Wildman–Crippen LogP) is 7.08. The van der Waals surface area contributed by atoms with Gasteiger partial charge in [0, 0.05) is 12.1 Å². The molecule has 8 nitrogen and oxygen atoms in total. The van der Waals surface area contributed by atoms with Gasteiger partial charge in [-0.25, -0.2) is 0 Å². The van der Waals surface area contributed by atoms with Crippen molar-refractivity contribution in [2.75, 3.05) is 5.32 Å². The summed E-state index contributed by atoms with van der Waals surface area (Å²) < 4.78 is 17.1. The summed E-state index contributed by atoms with van der Waals surface area (Å²) in [5, 5.41) is 14.5. The van der Waals surface area contributed by atoms with E-state index in [1.165, 1.54) is 24.3 Å². The molecule has 1 N–H and O–H groups in total. The number of benzene rings is 3. The molecular weight excluding hydrogens is 472 g/mol. The number of carbonyl (C=O) groups is 1. The molecule has 0 spiro atoms. The highest BCUT2D eigenvalue weighted by Crippen LogP contribution is 2.32. The number of ether oxygens (including phenoxy) is 2. The molecule has 35 heavy (non-hydrogen) atoms. The number of hydrogen-bond donors (Lipinski definition) is 1. The van der Waals surface area contributed by atoms with Gasteiger partial charge < -0.3 is 19.2 Å². The maximum absolute atomic E-state index is 12.7. The predicted molar refractivity (Wildman–Crippen MR) is 132 cm³/mol. The molecule has 0 atom stereocenters. The van der Waals surface area contributed by atoms with E-state index in [2.05, 4.69) is 5.32 Å². The molecule has 178 valence electrons. The van der Waals surface area contributed by atoms with E-state index >= 15 is 0 Å². The number of nitrogens with zero attached hydrogens (tertiary/aromatic N) is 1. The number of rotatable bonds is 8. The Morgan fingerprint density at radius 2 is 1.83 bits per heavy atom. The van der Waals surface area contributed by atoms with Crippen LogP contribution in [0.5, 0.6) is 17.2 Å². The van der Waals surface area contributed by atoms with E-state index in [9.17, 15) is 14.9 Å². The minimum atomic E-state index is -0.577. The first-order valence-corrected chi connectivity index (χ1v) is 11.0. The Balaban J connectivity index is 1.49. The van der Waals surface area contributed by atoms with Crippen molar-refractivity contribution in [1.82, 2.24) is 0 Å². The number of para-hydroxylation sites is 1. The summed E-state index contributed by atoms with van der Waals surface area (Å²) >= 11 is 6.07. The van der Waals surface area contributed by atoms with Crippen molar-refractivity contribution < 1.29 is 23.6 Å². The Bertz CT molecular complexity index is 1400. The van der Waals surface area contributed by atoms with Crippen molar-refractivity contribution in [3.63, 3.8) is 0 Å². The zero-order chi connectivity index (χ0) is 24.9. The molecule has 9 heteroatoms. The third-order valence-electron chi connectivity index (χ3n) is 5.02. The van der Waals surface area contributed by atoms with Crippen LogP contribution >= 0.6 is 11.6 Å². The molecule has 1 aromatic heterocycles. The van der Waals surface area contributed by atoms with Crippen molar-refractivity contribution in [1.29, 1.82) is 0 Å². The molecule has 4 rings (SSSR count). The number of anilines is 1. The second-order valence-corrected chi connectivity index (χ2v) is 8.19. The molecule has 4 aromatic rings. The Hall–Kier alpha value is -4.30. The van der Waals surface area contributed by atoms with Crippen LogP contribution in [-0.4, -0.2) is 10.8 Å². The summed E-state index contributed by atoms with van der Waals surface area (Å²) in [5.74, 6) is 1.13. The molecule has 0 fully saturated rings. The molecule has 1 heterocycles. The molecule has 0 aliphatic heterocycles. The van der Waals surface area contributed by atoms with Gasteiger partial charge in [-0.2, -0.15) is 0 Å². The maximum atomic E-state index is 12.7. The van der Waals surface area contributed by atoms with Gasteiger partial charge in [-0.1, -0.05) is 35.9 Å². The number of carbonyl (C=O) groups excluding carboxylic acids is 1. The Morgan fingerprint density at radius 3 is 2.60 bits per heavy atom. The average molecular weight is 493 g/mol. The molecule has 0 saturated carbocycles. The number of aryl methyl sites for hydroxylation is 2. The van der Waals surface area contributed by atoms with Crippen LogP contribution in [0.25, 0.3) is 0 Å². The van der Waals surface area contributed by atoms with Gasteiger partial charge >= 0.3 is 0 Å². The Kier molecular flexibility index (Phi) is 7.03. The van der Waals surface area contributed by atoms with Gasteiger partial charge in [-0.15, -0.1) is 0 Å². The number of nitro groups is 1. The number of amides is 1. The highest BCUT2D eigenvalue weighted by Gasteiger charge is 2.17. The fourth-order valence-corrected chi connectivity index (χ4v) is 3.44. The quantitative estimate of drug-likeness (QED) is 0.208. The zero-order valence-corrected chi connectivity index (χ0v) is 19.7. The van der Waals surface area contributed by atoms with Crippen molar-refractivity contribution in [2.24, 2.45) is 0 Å². The normalized spacial score (nSPS) is 10.6. The van der Waals surface area contributed by atoms with E-state index in [1.807, 2.05) is 32.0 Å². The second-order valence-electron chi connectivity index (χ2n) is 7.78. The molecule has 0 aliphatic rings. The van der Waals surface area contributed by atoms with Crippen LogP contribution in [0.2, 0.25) is 5.02 Å². The maximum Gasteiger partial charge on any atom is 0.291 e. The van der Waals surface area contributed by atoms with Gasteiger partial charge in [0.25, 0.3) is 11.6 Å². The lowest BCUT2D eigenvalue weighted by molar-refractivity contribution is -0.384. The van der Waals surface area contributed by atoms with Gasteiger partial charge in [0.15, 0.2) is 5.76 Å². The molecule has 0 unspecified atom stereocenters. The Morgan fingerprint density at radius 1 is 1.03 bits per heavy atom. The molecular formula is C26H21ClN2O6. The second kappa shape index (κ2) is 10.3. The zero-order valence-electron chi connectivity index (χ0n) is 18.9. The lowest BCUT2D eigenvalue weighted by atomic mass is 10.1. The van der Waals surface area contributed by atoms with Crippen LogP contribution in [0, 0.1) is 24.0 Å². The lowest BCUT2D eigenvalue weighted by Crippen LogP contribution is -2.11. The smallest absolute Gasteiger partial charge is 0.291 e. The Labute approximate surface area is 206 Å². The molecule has 0 radical (unpaired) electrons. The standard InChI is InChI=1S/C26H21ClN2O6/c1-16-7-8-17(2)25(11-16)35-21-13-18(12-19(14-21)29(31)32)28-26(30)24-10-9-20(34-24)15-33-23-6-4-3-5-22(23)27/h3-14H,15H2,1-2H3,(H,28,30). The van der Waals surface area contributed by atoms with Crippen molar-refractivity contribution >= 4 is 28.9 Å². The third-order valence-corrected chi connectivity index (χ3v) is 5.34. The number of nitro benzene ring substituents is 1. The SMILES string of the molecule is Cc1ccc(C)c(Oc2cc(NC(=O)c3ccc(COc4ccccc4Cl)o3)cc([N+](=O)[O-])c2)c1. The topological polar surface area (TPSA) is 104 Å². The van der Waals surface area contributed by atoms with Gasteiger partial charge in [0.05, 0.1) is 21.7 Å². The molecule has 0 bridgehead atoms. The summed E-state index contributed by atoms with van der Waals surface area (Å²) in [5.41, 5.74) is 1.82. The largest absolute Gasteiger partial charge is 0.484 e. The monoisotopic (exact) mass is 492 g/mol. The highest BCUT2D eigenvalue weighted by molar-refractivity contribution is 6.32. The van der Waals surface area contributed by atoms with E-state index in [1.54, 1.807) is 30.3 Å². The molecule has 0 aliphatic carbocycles. The number of halogens is 1. The number of nitrogens with one attached hydrogen (secondary N) is 1. The fraction of sp³-hybridized carbons (Fsp3) is 0.115. The first-order valence-electron chi connectivity index (χ1n) is 10.6. The number of furan rings is 1. The van der Waals surface area contributed by atoms with Gasteiger partial charge in [-0.05, 0) is 55.3 Å². The van der Waals surface area contributed by atoms with Crippen LogP contribution in [0.3, 0.4) is 0 Å². The number of hydrogen-bond acceptors (Lipinski definition) is 6. The first kappa shape index (κ1) is 23.8. The summed E-state index contributed by atoms with van der Waals surface area (Å²) in [6.07, 6.45) is 0. The van der Waals surface area contributed by atoms with Crippen LogP contribution in [0.4, 0.5) is 11.4 Å². The summed E-state index contributed by atoms with van der Waals surface area (Å²) in [4.78, 5) is 23.6. The average Bonchev–Trinajstić information content (AvgIpc) is 3.30. The minimum absolute atomic E-state index is 0.0197. The van der Waals surface area contributed by atoms with Crippen molar-refractivity contribution in [3.05, 3.63) is 111 Å². The third kappa shape index (κ3) is 5.99. The fourth-order valence-electron chi connectivity index (χ4n) is 3.24.